The highest BCUT2D eigenvalue weighted by atomic mass is 35.5. The number of hydrogen-bond donors (Lipinski definition) is 2. The first-order valence-corrected chi connectivity index (χ1v) is 8.47. The summed E-state index contributed by atoms with van der Waals surface area (Å²) in [6.45, 7) is 1.09. The third-order valence-electron chi connectivity index (χ3n) is 3.70. The summed E-state index contributed by atoms with van der Waals surface area (Å²) in [5, 5.41) is 6.71. The molecule has 0 saturated heterocycles. The Balaban J connectivity index is 1.71. The van der Waals surface area contributed by atoms with Crippen molar-refractivity contribution in [3.05, 3.63) is 53.1 Å². The molecule has 0 spiro atoms. The van der Waals surface area contributed by atoms with E-state index in [9.17, 15) is 4.79 Å². The second-order valence-corrected chi connectivity index (χ2v) is 5.91. The Kier molecular flexibility index (Phi) is 7.41. The molecular formula is C19H23ClN2O3. The van der Waals surface area contributed by atoms with E-state index in [-0.39, 0.29) is 5.91 Å². The van der Waals surface area contributed by atoms with Crippen molar-refractivity contribution in [2.24, 2.45) is 0 Å². The SMILES string of the molecule is COc1cccc(CCNC(=O)CCNc2cc(Cl)ccc2OC)c1. The zero-order valence-corrected chi connectivity index (χ0v) is 15.2. The van der Waals surface area contributed by atoms with Gasteiger partial charge in [0.1, 0.15) is 11.5 Å². The Bertz CT molecular complexity index is 707. The van der Waals surface area contributed by atoms with Crippen LogP contribution in [0, 0.1) is 0 Å². The molecule has 25 heavy (non-hydrogen) atoms. The summed E-state index contributed by atoms with van der Waals surface area (Å²) in [5.41, 5.74) is 1.90. The van der Waals surface area contributed by atoms with Crippen LogP contribution in [0.25, 0.3) is 0 Å². The molecule has 2 N–H and O–H groups in total. The molecule has 6 heteroatoms. The van der Waals surface area contributed by atoms with Gasteiger partial charge in [-0.3, -0.25) is 4.79 Å². The lowest BCUT2D eigenvalue weighted by Crippen LogP contribution is -2.27. The van der Waals surface area contributed by atoms with Crippen molar-refractivity contribution in [1.29, 1.82) is 0 Å². The van der Waals surface area contributed by atoms with Gasteiger partial charge in [0.15, 0.2) is 0 Å². The monoisotopic (exact) mass is 362 g/mol. The van der Waals surface area contributed by atoms with Crippen LogP contribution in [0.4, 0.5) is 5.69 Å². The van der Waals surface area contributed by atoms with Crippen molar-refractivity contribution < 1.29 is 14.3 Å². The maximum absolute atomic E-state index is 11.9. The van der Waals surface area contributed by atoms with E-state index in [1.54, 1.807) is 32.4 Å². The van der Waals surface area contributed by atoms with Crippen molar-refractivity contribution in [3.63, 3.8) is 0 Å². The number of carbonyl (C=O) groups is 1. The Morgan fingerprint density at radius 2 is 1.92 bits per heavy atom. The Morgan fingerprint density at radius 1 is 1.08 bits per heavy atom. The average Bonchev–Trinajstić information content (AvgIpc) is 2.62. The van der Waals surface area contributed by atoms with Crippen molar-refractivity contribution in [3.8, 4) is 11.5 Å². The molecule has 0 aromatic heterocycles. The average molecular weight is 363 g/mol. The molecule has 134 valence electrons. The molecule has 0 saturated carbocycles. The number of rotatable bonds is 9. The number of ether oxygens (including phenoxy) is 2. The molecule has 0 aliphatic carbocycles. The largest absolute Gasteiger partial charge is 0.497 e. The number of methoxy groups -OCH3 is 2. The summed E-state index contributed by atoms with van der Waals surface area (Å²) in [6, 6.07) is 13.2. The summed E-state index contributed by atoms with van der Waals surface area (Å²) in [7, 11) is 3.24. The normalized spacial score (nSPS) is 10.2. The van der Waals surface area contributed by atoms with E-state index in [4.69, 9.17) is 21.1 Å². The van der Waals surface area contributed by atoms with E-state index in [0.29, 0.717) is 30.3 Å². The van der Waals surface area contributed by atoms with E-state index < -0.39 is 0 Å². The van der Waals surface area contributed by atoms with Gasteiger partial charge in [0, 0.05) is 24.5 Å². The predicted octanol–water partition coefficient (Wildman–Crippen LogP) is 3.52. The predicted molar refractivity (Wildman–Crippen MR) is 101 cm³/mol. The van der Waals surface area contributed by atoms with E-state index in [1.807, 2.05) is 24.3 Å². The fourth-order valence-corrected chi connectivity index (χ4v) is 2.56. The summed E-state index contributed by atoms with van der Waals surface area (Å²) in [6.07, 6.45) is 1.13. The zero-order valence-electron chi connectivity index (χ0n) is 14.5. The topological polar surface area (TPSA) is 59.6 Å². The van der Waals surface area contributed by atoms with Crippen LogP contribution in [0.2, 0.25) is 5.02 Å². The van der Waals surface area contributed by atoms with Gasteiger partial charge in [-0.2, -0.15) is 0 Å². The fourth-order valence-electron chi connectivity index (χ4n) is 2.39. The highest BCUT2D eigenvalue weighted by Crippen LogP contribution is 2.27. The van der Waals surface area contributed by atoms with Gasteiger partial charge in [-0.1, -0.05) is 23.7 Å². The first-order valence-electron chi connectivity index (χ1n) is 8.09. The number of hydrogen-bond acceptors (Lipinski definition) is 4. The lowest BCUT2D eigenvalue weighted by molar-refractivity contribution is -0.120. The van der Waals surface area contributed by atoms with Crippen molar-refractivity contribution in [1.82, 2.24) is 5.32 Å². The molecule has 5 nitrogen and oxygen atoms in total. The molecule has 0 unspecified atom stereocenters. The molecule has 0 aliphatic rings. The second-order valence-electron chi connectivity index (χ2n) is 5.47. The molecule has 2 rings (SSSR count). The Labute approximate surface area is 153 Å². The van der Waals surface area contributed by atoms with Gasteiger partial charge in [-0.25, -0.2) is 0 Å². The van der Waals surface area contributed by atoms with E-state index in [0.717, 1.165) is 23.4 Å². The summed E-state index contributed by atoms with van der Waals surface area (Å²) in [5.74, 6) is 1.52. The van der Waals surface area contributed by atoms with Crippen LogP contribution in [0.5, 0.6) is 11.5 Å². The van der Waals surface area contributed by atoms with Crippen molar-refractivity contribution in [2.45, 2.75) is 12.8 Å². The summed E-state index contributed by atoms with van der Waals surface area (Å²) >= 11 is 5.98. The molecule has 2 aromatic carbocycles. The first kappa shape index (κ1) is 18.9. The minimum atomic E-state index is -0.00334. The molecular weight excluding hydrogens is 340 g/mol. The third kappa shape index (κ3) is 6.19. The summed E-state index contributed by atoms with van der Waals surface area (Å²) in [4.78, 5) is 11.9. The number of anilines is 1. The lowest BCUT2D eigenvalue weighted by atomic mass is 10.1. The third-order valence-corrected chi connectivity index (χ3v) is 3.93. The standard InChI is InChI=1S/C19H23ClN2O3/c1-24-16-5-3-4-14(12-16)8-10-22-19(23)9-11-21-17-13-15(20)6-7-18(17)25-2/h3-7,12-13,21H,8-11H2,1-2H3,(H,22,23). The maximum atomic E-state index is 11.9. The fraction of sp³-hybridized carbons (Fsp3) is 0.316. The van der Waals surface area contributed by atoms with Crippen molar-refractivity contribution in [2.75, 3.05) is 32.6 Å². The van der Waals surface area contributed by atoms with Gasteiger partial charge in [0.25, 0.3) is 0 Å². The quantitative estimate of drug-likeness (QED) is 0.716. The minimum Gasteiger partial charge on any atom is -0.497 e. The van der Waals surface area contributed by atoms with Crippen LogP contribution in [-0.2, 0) is 11.2 Å². The molecule has 0 heterocycles. The molecule has 0 aliphatic heterocycles. The van der Waals surface area contributed by atoms with Crippen LogP contribution in [-0.4, -0.2) is 33.2 Å². The highest BCUT2D eigenvalue weighted by Gasteiger charge is 2.05. The molecule has 2 aromatic rings. The van der Waals surface area contributed by atoms with Gasteiger partial charge in [0.05, 0.1) is 19.9 Å². The Hall–Kier alpha value is -2.40. The van der Waals surface area contributed by atoms with Crippen LogP contribution >= 0.6 is 11.6 Å². The van der Waals surface area contributed by atoms with Gasteiger partial charge in [0.2, 0.25) is 5.91 Å². The van der Waals surface area contributed by atoms with Gasteiger partial charge >= 0.3 is 0 Å². The molecule has 1 amide bonds. The first-order chi connectivity index (χ1) is 12.1. The van der Waals surface area contributed by atoms with Crippen LogP contribution in [0.3, 0.4) is 0 Å². The zero-order chi connectivity index (χ0) is 18.1. The second kappa shape index (κ2) is 9.79. The lowest BCUT2D eigenvalue weighted by Gasteiger charge is -2.11. The molecule has 0 atom stereocenters. The highest BCUT2D eigenvalue weighted by molar-refractivity contribution is 6.30. The molecule has 0 fully saturated rings. The smallest absolute Gasteiger partial charge is 0.221 e. The molecule has 0 bridgehead atoms. The van der Waals surface area contributed by atoms with Crippen molar-refractivity contribution >= 4 is 23.2 Å². The van der Waals surface area contributed by atoms with Gasteiger partial charge < -0.3 is 20.1 Å². The van der Waals surface area contributed by atoms with Crippen LogP contribution < -0.4 is 20.1 Å². The maximum Gasteiger partial charge on any atom is 0.221 e. The number of carbonyl (C=O) groups excluding carboxylic acids is 1. The number of benzene rings is 2. The van der Waals surface area contributed by atoms with Crippen LogP contribution in [0.15, 0.2) is 42.5 Å². The van der Waals surface area contributed by atoms with E-state index >= 15 is 0 Å². The number of halogens is 1. The molecule has 0 radical (unpaired) electrons. The Morgan fingerprint density at radius 3 is 2.68 bits per heavy atom. The van der Waals surface area contributed by atoms with Crippen LogP contribution in [0.1, 0.15) is 12.0 Å². The van der Waals surface area contributed by atoms with Gasteiger partial charge in [-0.05, 0) is 42.3 Å². The van der Waals surface area contributed by atoms with E-state index in [1.165, 1.54) is 0 Å². The summed E-state index contributed by atoms with van der Waals surface area (Å²) < 4.78 is 10.4. The van der Waals surface area contributed by atoms with E-state index in [2.05, 4.69) is 10.6 Å². The number of amides is 1. The minimum absolute atomic E-state index is 0.00334. The number of nitrogens with one attached hydrogen (secondary N) is 2. The van der Waals surface area contributed by atoms with Gasteiger partial charge in [-0.15, -0.1) is 0 Å².